The highest BCUT2D eigenvalue weighted by Gasteiger charge is 2.34. The molecule has 1 heterocycles. The van der Waals surface area contributed by atoms with E-state index in [2.05, 4.69) is 20.9 Å². The van der Waals surface area contributed by atoms with Crippen molar-refractivity contribution < 1.29 is 22.4 Å². The van der Waals surface area contributed by atoms with Crippen LogP contribution in [-0.4, -0.2) is 61.7 Å². The Hall–Kier alpha value is -2.36. The molecule has 1 fully saturated rings. The third-order valence-electron chi connectivity index (χ3n) is 3.87. The summed E-state index contributed by atoms with van der Waals surface area (Å²) >= 11 is 0. The fraction of sp³-hybridized carbons (Fsp3) is 0.529. The summed E-state index contributed by atoms with van der Waals surface area (Å²) in [6.07, 6.45) is -3.66. The molecule has 10 heteroatoms. The van der Waals surface area contributed by atoms with Gasteiger partial charge in [0, 0.05) is 31.4 Å². The maximum atomic E-state index is 12.9. The number of nitrogens with one attached hydrogen (secondary N) is 3. The fourth-order valence-electron chi connectivity index (χ4n) is 2.75. The first-order valence-corrected chi connectivity index (χ1v) is 8.64. The number of alkyl halides is 3. The van der Waals surface area contributed by atoms with Crippen LogP contribution in [0.1, 0.15) is 13.3 Å². The number of carbonyl (C=O) groups is 1. The summed E-state index contributed by atoms with van der Waals surface area (Å²) in [6, 6.07) is 5.17. The van der Waals surface area contributed by atoms with Crippen LogP contribution in [0.5, 0.6) is 0 Å². The average Bonchev–Trinajstić information content (AvgIpc) is 3.00. The lowest BCUT2D eigenvalue weighted by Crippen LogP contribution is -2.45. The number of likely N-dealkylation sites (tertiary alicyclic amines) is 1. The van der Waals surface area contributed by atoms with E-state index in [9.17, 15) is 22.4 Å². The zero-order valence-electron chi connectivity index (χ0n) is 14.9. The van der Waals surface area contributed by atoms with Gasteiger partial charge in [-0.3, -0.25) is 9.69 Å². The molecular formula is C17H23F4N5O. The van der Waals surface area contributed by atoms with Gasteiger partial charge in [0.1, 0.15) is 12.4 Å². The molecule has 1 saturated heterocycles. The minimum atomic E-state index is -4.22. The molecule has 3 N–H and O–H groups in total. The Balaban J connectivity index is 1.84. The van der Waals surface area contributed by atoms with E-state index in [1.54, 1.807) is 0 Å². The predicted molar refractivity (Wildman–Crippen MR) is 95.0 cm³/mol. The molecule has 150 valence electrons. The molecule has 2 rings (SSSR count). The molecular weight excluding hydrogens is 366 g/mol. The zero-order valence-corrected chi connectivity index (χ0v) is 14.9. The van der Waals surface area contributed by atoms with Crippen molar-refractivity contribution in [3.8, 4) is 0 Å². The number of nitrogens with zero attached hydrogens (tertiary/aromatic N) is 2. The van der Waals surface area contributed by atoms with Crippen LogP contribution in [0.4, 0.5) is 23.2 Å². The van der Waals surface area contributed by atoms with Crippen molar-refractivity contribution in [2.75, 3.05) is 38.0 Å². The highest BCUT2D eigenvalue weighted by molar-refractivity contribution is 5.94. The Morgan fingerprint density at radius 2 is 2.00 bits per heavy atom. The molecule has 1 amide bonds. The van der Waals surface area contributed by atoms with Crippen molar-refractivity contribution in [2.45, 2.75) is 25.6 Å². The SMILES string of the molecule is CCNC(=NCC(=O)Nc1ccc(F)cc1)NC1CCN(CC(F)(F)F)C1. The molecule has 0 radical (unpaired) electrons. The normalized spacial score (nSPS) is 18.4. The summed E-state index contributed by atoms with van der Waals surface area (Å²) < 4.78 is 50.3. The quantitative estimate of drug-likeness (QED) is 0.395. The molecule has 6 nitrogen and oxygen atoms in total. The first kappa shape index (κ1) is 20.9. The van der Waals surface area contributed by atoms with Gasteiger partial charge in [0.05, 0.1) is 6.54 Å². The standard InChI is InChI=1S/C17H23F4N5O/c1-2-22-16(25-14-7-8-26(10-14)11-17(19,20)21)23-9-15(27)24-13-5-3-12(18)4-6-13/h3-6,14H,2,7-11H2,1H3,(H,24,27)(H2,22,23,25). The van der Waals surface area contributed by atoms with Crippen LogP contribution in [0.2, 0.25) is 0 Å². The van der Waals surface area contributed by atoms with Gasteiger partial charge in [0.2, 0.25) is 5.91 Å². The van der Waals surface area contributed by atoms with Crippen molar-refractivity contribution in [1.29, 1.82) is 0 Å². The lowest BCUT2D eigenvalue weighted by atomic mass is 10.3. The smallest absolute Gasteiger partial charge is 0.357 e. The van der Waals surface area contributed by atoms with E-state index in [0.29, 0.717) is 31.2 Å². The third-order valence-corrected chi connectivity index (χ3v) is 3.87. The maximum Gasteiger partial charge on any atom is 0.401 e. The third kappa shape index (κ3) is 7.81. The van der Waals surface area contributed by atoms with Gasteiger partial charge >= 0.3 is 6.18 Å². The minimum absolute atomic E-state index is 0.175. The molecule has 0 aromatic heterocycles. The van der Waals surface area contributed by atoms with Gasteiger partial charge in [-0.2, -0.15) is 13.2 Å². The summed E-state index contributed by atoms with van der Waals surface area (Å²) in [7, 11) is 0. The number of hydrogen-bond donors (Lipinski definition) is 3. The molecule has 1 aromatic carbocycles. The van der Waals surface area contributed by atoms with Crippen LogP contribution in [0.25, 0.3) is 0 Å². The van der Waals surface area contributed by atoms with Gasteiger partial charge < -0.3 is 16.0 Å². The number of carbonyl (C=O) groups excluding carboxylic acids is 1. The molecule has 0 aliphatic carbocycles. The van der Waals surface area contributed by atoms with Crippen LogP contribution in [0, 0.1) is 5.82 Å². The summed E-state index contributed by atoms with van der Waals surface area (Å²) in [5.41, 5.74) is 0.452. The number of amides is 1. The van der Waals surface area contributed by atoms with Crippen LogP contribution in [0.3, 0.4) is 0 Å². The molecule has 0 bridgehead atoms. The molecule has 0 spiro atoms. The van der Waals surface area contributed by atoms with Gasteiger partial charge in [0.15, 0.2) is 5.96 Å². The van der Waals surface area contributed by atoms with Gasteiger partial charge in [-0.05, 0) is 37.6 Å². The van der Waals surface area contributed by atoms with Crippen LogP contribution < -0.4 is 16.0 Å². The molecule has 1 aromatic rings. The van der Waals surface area contributed by atoms with E-state index >= 15 is 0 Å². The van der Waals surface area contributed by atoms with E-state index in [1.807, 2.05) is 6.92 Å². The van der Waals surface area contributed by atoms with Crippen LogP contribution in [0.15, 0.2) is 29.3 Å². The van der Waals surface area contributed by atoms with E-state index in [0.717, 1.165) is 0 Å². The average molecular weight is 389 g/mol. The van der Waals surface area contributed by atoms with E-state index in [1.165, 1.54) is 29.2 Å². The summed E-state index contributed by atoms with van der Waals surface area (Å²) in [4.78, 5) is 17.4. The summed E-state index contributed by atoms with van der Waals surface area (Å²) in [5, 5.41) is 8.62. The van der Waals surface area contributed by atoms with E-state index in [-0.39, 0.29) is 25.0 Å². The molecule has 0 saturated carbocycles. The molecule has 1 unspecified atom stereocenters. The number of anilines is 1. The predicted octanol–water partition coefficient (Wildman–Crippen LogP) is 1.96. The Morgan fingerprint density at radius 3 is 2.63 bits per heavy atom. The Morgan fingerprint density at radius 1 is 1.30 bits per heavy atom. The number of benzene rings is 1. The number of hydrogen-bond acceptors (Lipinski definition) is 3. The molecule has 1 aliphatic heterocycles. The topological polar surface area (TPSA) is 68.8 Å². The van der Waals surface area contributed by atoms with Crippen LogP contribution in [-0.2, 0) is 4.79 Å². The van der Waals surface area contributed by atoms with Crippen molar-refractivity contribution in [1.82, 2.24) is 15.5 Å². The Labute approximate surface area is 155 Å². The first-order valence-electron chi connectivity index (χ1n) is 8.64. The number of rotatable bonds is 6. The molecule has 1 aliphatic rings. The monoisotopic (exact) mass is 389 g/mol. The maximum absolute atomic E-state index is 12.9. The van der Waals surface area contributed by atoms with E-state index < -0.39 is 18.5 Å². The van der Waals surface area contributed by atoms with Crippen molar-refractivity contribution in [3.05, 3.63) is 30.1 Å². The Bertz CT molecular complexity index is 648. The summed E-state index contributed by atoms with van der Waals surface area (Å²) in [6.45, 7) is 1.89. The second-order valence-electron chi connectivity index (χ2n) is 6.23. The highest BCUT2D eigenvalue weighted by atomic mass is 19.4. The zero-order chi connectivity index (χ0) is 19.9. The lowest BCUT2D eigenvalue weighted by Gasteiger charge is -2.19. The second kappa shape index (κ2) is 9.54. The van der Waals surface area contributed by atoms with Crippen molar-refractivity contribution in [3.63, 3.8) is 0 Å². The van der Waals surface area contributed by atoms with Gasteiger partial charge in [-0.15, -0.1) is 0 Å². The van der Waals surface area contributed by atoms with Gasteiger partial charge in [0.25, 0.3) is 0 Å². The largest absolute Gasteiger partial charge is 0.401 e. The number of aliphatic imine (C=N–C) groups is 1. The Kier molecular flexibility index (Phi) is 7.40. The lowest BCUT2D eigenvalue weighted by molar-refractivity contribution is -0.143. The highest BCUT2D eigenvalue weighted by Crippen LogP contribution is 2.19. The summed E-state index contributed by atoms with van der Waals surface area (Å²) in [5.74, 6) is -0.421. The molecule has 1 atom stereocenters. The van der Waals surface area contributed by atoms with Crippen molar-refractivity contribution in [2.24, 2.45) is 4.99 Å². The number of halogens is 4. The number of guanidine groups is 1. The second-order valence-corrected chi connectivity index (χ2v) is 6.23. The van der Waals surface area contributed by atoms with Gasteiger partial charge in [-0.25, -0.2) is 9.38 Å². The van der Waals surface area contributed by atoms with E-state index in [4.69, 9.17) is 0 Å². The van der Waals surface area contributed by atoms with Crippen LogP contribution >= 0.6 is 0 Å². The first-order chi connectivity index (χ1) is 12.7. The van der Waals surface area contributed by atoms with Crippen molar-refractivity contribution >= 4 is 17.6 Å². The fourth-order valence-corrected chi connectivity index (χ4v) is 2.75. The molecule has 27 heavy (non-hydrogen) atoms. The minimum Gasteiger partial charge on any atom is -0.357 e. The van der Waals surface area contributed by atoms with Gasteiger partial charge in [-0.1, -0.05) is 0 Å².